The molecule has 1 aliphatic rings. The third-order valence-corrected chi connectivity index (χ3v) is 6.31. The van der Waals surface area contributed by atoms with Crippen molar-refractivity contribution in [1.29, 1.82) is 0 Å². The average Bonchev–Trinajstić information content (AvgIpc) is 3.28. The number of anilines is 1. The fourth-order valence-electron chi connectivity index (χ4n) is 4.83. The van der Waals surface area contributed by atoms with Crippen LogP contribution < -0.4 is 38.0 Å². The van der Waals surface area contributed by atoms with E-state index in [1.165, 1.54) is 11.1 Å². The van der Waals surface area contributed by atoms with Gasteiger partial charge in [0, 0.05) is 19.0 Å². The predicted octanol–water partition coefficient (Wildman–Crippen LogP) is -1.18. The maximum atomic E-state index is 13.1. The topological polar surface area (TPSA) is 223 Å². The van der Waals surface area contributed by atoms with E-state index in [1.807, 2.05) is 19.4 Å². The number of amides is 4. The van der Waals surface area contributed by atoms with Gasteiger partial charge in [0.1, 0.15) is 17.7 Å². The normalized spacial score (nSPS) is 15.0. The Kier molecular flexibility index (Phi) is 11.6. The Bertz CT molecular complexity index is 1170. The van der Waals surface area contributed by atoms with Crippen LogP contribution in [-0.2, 0) is 35.1 Å². The number of ether oxygens (including phenoxy) is 1. The van der Waals surface area contributed by atoms with Crippen LogP contribution in [-0.4, -0.2) is 72.7 Å². The van der Waals surface area contributed by atoms with Crippen molar-refractivity contribution in [1.82, 2.24) is 26.5 Å². The van der Waals surface area contributed by atoms with Crippen LogP contribution in [0.4, 0.5) is 5.82 Å². The molecule has 0 saturated heterocycles. The number of hydrogen-bond donors (Lipinski definition) is 6. The number of fused-ring (bicyclic) bond motifs is 1. The molecule has 0 spiro atoms. The molecular weight excluding hydrogens is 534 g/mol. The number of carbonyl (C=O) groups excluding carboxylic acids is 5. The molecule has 0 bridgehead atoms. The van der Waals surface area contributed by atoms with Gasteiger partial charge in [-0.05, 0) is 44.2 Å². The lowest BCUT2D eigenvalue weighted by molar-refractivity contribution is -0.155. The van der Waals surface area contributed by atoms with Gasteiger partial charge < -0.3 is 26.4 Å². The molecule has 1 aromatic rings. The van der Waals surface area contributed by atoms with Gasteiger partial charge in [-0.1, -0.05) is 19.9 Å². The van der Waals surface area contributed by atoms with E-state index in [0.717, 1.165) is 0 Å². The third-order valence-electron chi connectivity index (χ3n) is 6.31. The van der Waals surface area contributed by atoms with Crippen LogP contribution in [0.25, 0.3) is 0 Å². The molecule has 1 atom stereocenters. The highest BCUT2D eigenvalue weighted by Gasteiger charge is 2.39. The van der Waals surface area contributed by atoms with Crippen LogP contribution in [0.15, 0.2) is 23.4 Å². The standard InChI is InChI=1S/C26H41N9O6/c1-6-41-24(40)26(4,5)15-25(2,3)11-19(36)30-13-20(37)31-14-21(38)35-17(10-16-8-7-9-29-22(16)35)23(39)32-12-18(27)33-34-28/h7-9,17,34H,6,10-15,28H2,1-5H3,(H2,27,33)(H,30,36)(H,31,37)(H,32,39). The van der Waals surface area contributed by atoms with E-state index in [1.54, 1.807) is 32.9 Å². The van der Waals surface area contributed by atoms with E-state index in [0.29, 0.717) is 17.8 Å². The molecule has 226 valence electrons. The number of hydrazone groups is 1. The van der Waals surface area contributed by atoms with Gasteiger partial charge >= 0.3 is 5.97 Å². The van der Waals surface area contributed by atoms with Crippen LogP contribution in [0.3, 0.4) is 0 Å². The van der Waals surface area contributed by atoms with Crippen molar-refractivity contribution in [3.63, 3.8) is 0 Å². The smallest absolute Gasteiger partial charge is 0.311 e. The second-order valence-electron chi connectivity index (χ2n) is 11.1. The molecule has 0 aromatic carbocycles. The summed E-state index contributed by atoms with van der Waals surface area (Å²) in [5.41, 5.74) is 7.02. The summed E-state index contributed by atoms with van der Waals surface area (Å²) in [6.07, 6.45) is 2.20. The number of hydrazine groups is 1. The lowest BCUT2D eigenvalue weighted by Crippen LogP contribution is -2.52. The molecule has 15 nitrogen and oxygen atoms in total. The molecular formula is C26H41N9O6. The first-order valence-corrected chi connectivity index (χ1v) is 13.2. The molecule has 15 heteroatoms. The van der Waals surface area contributed by atoms with Crippen LogP contribution >= 0.6 is 0 Å². The van der Waals surface area contributed by atoms with E-state index >= 15 is 0 Å². The second-order valence-corrected chi connectivity index (χ2v) is 11.1. The zero-order valence-corrected chi connectivity index (χ0v) is 24.2. The highest BCUT2D eigenvalue weighted by molar-refractivity contribution is 6.05. The van der Waals surface area contributed by atoms with Gasteiger partial charge in [-0.3, -0.25) is 28.9 Å². The molecule has 0 aliphatic carbocycles. The average molecular weight is 576 g/mol. The number of esters is 1. The summed E-state index contributed by atoms with van der Waals surface area (Å²) in [6.45, 7) is 8.38. The quantitative estimate of drug-likeness (QED) is 0.0512. The zero-order chi connectivity index (χ0) is 30.8. The minimum Gasteiger partial charge on any atom is -0.466 e. The first kappa shape index (κ1) is 32.9. The lowest BCUT2D eigenvalue weighted by atomic mass is 9.73. The first-order chi connectivity index (χ1) is 19.2. The molecule has 1 aromatic heterocycles. The van der Waals surface area contributed by atoms with Crippen molar-refractivity contribution in [2.45, 2.75) is 59.9 Å². The fraction of sp³-hybridized carbons (Fsp3) is 0.577. The molecule has 4 amide bonds. The third kappa shape index (κ3) is 9.70. The summed E-state index contributed by atoms with van der Waals surface area (Å²) in [4.78, 5) is 68.6. The van der Waals surface area contributed by atoms with Crippen LogP contribution in [0.1, 0.15) is 53.0 Å². The molecule has 0 fully saturated rings. The SMILES string of the molecule is CCOC(=O)C(C)(C)CC(C)(C)CC(=O)NCC(=O)NCC(=O)N1c2ncccc2CC1C(=O)NC/C(N)=N/NN. The van der Waals surface area contributed by atoms with Crippen molar-refractivity contribution >= 4 is 41.3 Å². The molecule has 2 heterocycles. The van der Waals surface area contributed by atoms with Gasteiger partial charge in [-0.15, -0.1) is 0 Å². The zero-order valence-electron chi connectivity index (χ0n) is 24.2. The molecule has 2 rings (SSSR count). The minimum absolute atomic E-state index is 0.0350. The van der Waals surface area contributed by atoms with E-state index in [-0.39, 0.29) is 50.3 Å². The van der Waals surface area contributed by atoms with E-state index in [2.05, 4.69) is 26.0 Å². The molecule has 0 saturated carbocycles. The summed E-state index contributed by atoms with van der Waals surface area (Å²) < 4.78 is 5.12. The van der Waals surface area contributed by atoms with Gasteiger partial charge in [0.2, 0.25) is 23.6 Å². The Labute approximate surface area is 239 Å². The lowest BCUT2D eigenvalue weighted by Gasteiger charge is -2.32. The van der Waals surface area contributed by atoms with Crippen LogP contribution in [0.2, 0.25) is 0 Å². The number of nitrogens with zero attached hydrogens (tertiary/aromatic N) is 3. The van der Waals surface area contributed by atoms with Crippen molar-refractivity contribution in [2.24, 2.45) is 27.5 Å². The predicted molar refractivity (Wildman–Crippen MR) is 151 cm³/mol. The summed E-state index contributed by atoms with van der Waals surface area (Å²) in [7, 11) is 0. The van der Waals surface area contributed by atoms with Crippen molar-refractivity contribution in [3.8, 4) is 0 Å². The Morgan fingerprint density at radius 2 is 1.76 bits per heavy atom. The Hall–Kier alpha value is -4.27. The molecule has 8 N–H and O–H groups in total. The summed E-state index contributed by atoms with van der Waals surface area (Å²) in [6, 6.07) is 2.54. The summed E-state index contributed by atoms with van der Waals surface area (Å²) in [5, 5.41) is 11.2. The Morgan fingerprint density at radius 1 is 1.07 bits per heavy atom. The van der Waals surface area contributed by atoms with E-state index < -0.39 is 41.1 Å². The molecule has 41 heavy (non-hydrogen) atoms. The number of amidine groups is 1. The maximum Gasteiger partial charge on any atom is 0.311 e. The Balaban J connectivity index is 1.92. The monoisotopic (exact) mass is 575 g/mol. The first-order valence-electron chi connectivity index (χ1n) is 13.2. The van der Waals surface area contributed by atoms with Gasteiger partial charge in [0.05, 0.1) is 31.7 Å². The highest BCUT2D eigenvalue weighted by atomic mass is 16.5. The molecule has 0 radical (unpaired) electrons. The van der Waals surface area contributed by atoms with Gasteiger partial charge in [-0.25, -0.2) is 16.4 Å². The number of nitrogens with two attached hydrogens (primary N) is 2. The molecule has 1 unspecified atom stereocenters. The fourth-order valence-corrected chi connectivity index (χ4v) is 4.83. The maximum absolute atomic E-state index is 13.1. The van der Waals surface area contributed by atoms with Crippen molar-refractivity contribution < 1.29 is 28.7 Å². The van der Waals surface area contributed by atoms with Crippen molar-refractivity contribution in [2.75, 3.05) is 31.1 Å². The highest BCUT2D eigenvalue weighted by Crippen LogP contribution is 2.37. The number of pyridine rings is 1. The number of carbonyl (C=O) groups is 5. The van der Waals surface area contributed by atoms with E-state index in [9.17, 15) is 24.0 Å². The van der Waals surface area contributed by atoms with Gasteiger partial charge in [-0.2, -0.15) is 5.10 Å². The summed E-state index contributed by atoms with van der Waals surface area (Å²) >= 11 is 0. The molecule has 1 aliphatic heterocycles. The van der Waals surface area contributed by atoms with Gasteiger partial charge in [0.25, 0.3) is 0 Å². The van der Waals surface area contributed by atoms with Crippen molar-refractivity contribution in [3.05, 3.63) is 23.9 Å². The second kappa shape index (κ2) is 14.4. The Morgan fingerprint density at radius 3 is 2.41 bits per heavy atom. The number of hydrogen-bond acceptors (Lipinski definition) is 10. The van der Waals surface area contributed by atoms with Crippen LogP contribution in [0, 0.1) is 10.8 Å². The minimum atomic E-state index is -0.913. The van der Waals surface area contributed by atoms with Crippen LogP contribution in [0.5, 0.6) is 0 Å². The number of nitrogens with one attached hydrogen (secondary N) is 4. The largest absolute Gasteiger partial charge is 0.466 e. The summed E-state index contributed by atoms with van der Waals surface area (Å²) in [5.74, 6) is 3.08. The number of aromatic nitrogens is 1. The van der Waals surface area contributed by atoms with E-state index in [4.69, 9.17) is 16.3 Å². The van der Waals surface area contributed by atoms with Gasteiger partial charge in [0.15, 0.2) is 0 Å². The number of rotatable bonds is 14.